The summed E-state index contributed by atoms with van der Waals surface area (Å²) in [5.41, 5.74) is 15.5. The molecule has 7 rings (SSSR count). The van der Waals surface area contributed by atoms with Gasteiger partial charge in [0.25, 0.3) is 0 Å². The van der Waals surface area contributed by atoms with Crippen molar-refractivity contribution in [2.45, 2.75) is 118 Å². The number of ketones is 1. The maximum absolute atomic E-state index is 13.0. The van der Waals surface area contributed by atoms with E-state index in [1.54, 1.807) is 24.3 Å². The number of nitrogens with two attached hydrogens (primary N) is 2. The highest BCUT2D eigenvalue weighted by Gasteiger charge is 2.60. The van der Waals surface area contributed by atoms with Crippen molar-refractivity contribution in [1.29, 1.82) is 0 Å². The van der Waals surface area contributed by atoms with Crippen molar-refractivity contribution in [1.82, 2.24) is 0 Å². The van der Waals surface area contributed by atoms with Crippen molar-refractivity contribution in [3.05, 3.63) is 83.9 Å². The Labute approximate surface area is 319 Å². The fourth-order valence-corrected chi connectivity index (χ4v) is 11.9. The molecule has 0 amide bonds. The van der Waals surface area contributed by atoms with E-state index >= 15 is 0 Å². The number of anilines is 2. The largest absolute Gasteiger partial charge is 0.490 e. The zero-order chi connectivity index (χ0) is 37.3. The zero-order valence-electron chi connectivity index (χ0n) is 33.0. The molecule has 4 aliphatic carbocycles. The summed E-state index contributed by atoms with van der Waals surface area (Å²) in [6.45, 7) is 12.7. The second-order valence-corrected chi connectivity index (χ2v) is 18.4. The highest BCUT2D eigenvalue weighted by molar-refractivity contribution is 6.06. The zero-order valence-corrected chi connectivity index (χ0v) is 33.0. The Bertz CT molecular complexity index is 1750. The van der Waals surface area contributed by atoms with E-state index in [0.29, 0.717) is 39.3 Å². The van der Waals surface area contributed by atoms with Gasteiger partial charge >= 0.3 is 0 Å². The summed E-state index contributed by atoms with van der Waals surface area (Å²) in [6.07, 6.45) is 20.1. The maximum atomic E-state index is 13.0. The van der Waals surface area contributed by atoms with Crippen molar-refractivity contribution in [2.75, 3.05) is 11.5 Å². The quantitative estimate of drug-likeness (QED) is 0.111. The van der Waals surface area contributed by atoms with Crippen LogP contribution in [-0.2, 0) is 0 Å². The first-order valence-corrected chi connectivity index (χ1v) is 20.8. The molecule has 0 spiro atoms. The minimum Gasteiger partial charge on any atom is -0.490 e. The Kier molecular flexibility index (Phi) is 11.0. The van der Waals surface area contributed by atoms with Crippen molar-refractivity contribution in [3.8, 4) is 17.2 Å². The third-order valence-electron chi connectivity index (χ3n) is 14.8. The minimum atomic E-state index is -0.0329. The summed E-state index contributed by atoms with van der Waals surface area (Å²) in [4.78, 5) is 13.0. The van der Waals surface area contributed by atoms with Gasteiger partial charge in [-0.05, 0) is 176 Å². The van der Waals surface area contributed by atoms with Crippen LogP contribution in [0.1, 0.15) is 128 Å². The summed E-state index contributed by atoms with van der Waals surface area (Å²) in [5, 5.41) is 0. The molecular formula is C48H64N2O3. The van der Waals surface area contributed by atoms with Gasteiger partial charge in [-0.15, -0.1) is 0 Å². The van der Waals surface area contributed by atoms with Crippen LogP contribution in [0.25, 0.3) is 6.08 Å². The molecule has 5 heteroatoms. The van der Waals surface area contributed by atoms with Gasteiger partial charge in [-0.1, -0.05) is 72.1 Å². The number of rotatable bonds is 12. The van der Waals surface area contributed by atoms with Crippen molar-refractivity contribution in [3.63, 3.8) is 0 Å². The highest BCUT2D eigenvalue weighted by atomic mass is 16.5. The molecular weight excluding hydrogens is 653 g/mol. The third kappa shape index (κ3) is 7.91. The maximum Gasteiger partial charge on any atom is 0.185 e. The van der Waals surface area contributed by atoms with Crippen molar-refractivity contribution >= 4 is 23.2 Å². The molecule has 0 bridgehead atoms. The Balaban J connectivity index is 0.904. The average molecular weight is 717 g/mol. The van der Waals surface area contributed by atoms with Crippen LogP contribution in [-0.4, -0.2) is 11.9 Å². The van der Waals surface area contributed by atoms with E-state index in [1.165, 1.54) is 64.2 Å². The number of allylic oxidation sites excluding steroid dienone is 1. The van der Waals surface area contributed by atoms with Crippen LogP contribution in [0.4, 0.5) is 11.4 Å². The third-order valence-corrected chi connectivity index (χ3v) is 14.8. The van der Waals surface area contributed by atoms with Crippen LogP contribution < -0.4 is 20.9 Å². The molecule has 0 aliphatic heterocycles. The smallest absolute Gasteiger partial charge is 0.185 e. The lowest BCUT2D eigenvalue weighted by molar-refractivity contribution is -0.126. The molecule has 284 valence electrons. The number of ether oxygens (including phenoxy) is 2. The monoisotopic (exact) mass is 716 g/mol. The lowest BCUT2D eigenvalue weighted by atomic mass is 9.44. The SMILES string of the molecule is CC(C)CCC[C@@H](C)[C@H]1CC[C@H]2[C@@H]3CCC4CC(Oc5ccc(C(=O)/C=C/c6ccc(Oc7ccc(N)cc7N)cc6)cc5)CC[C@]4(C)[C@H]3CC[C@]12C. The molecule has 5 nitrogen and oxygen atoms in total. The van der Waals surface area contributed by atoms with Crippen LogP contribution in [0.15, 0.2) is 72.8 Å². The summed E-state index contributed by atoms with van der Waals surface area (Å²) >= 11 is 0. The topological polar surface area (TPSA) is 87.6 Å². The van der Waals surface area contributed by atoms with Crippen molar-refractivity contribution in [2.24, 2.45) is 52.3 Å². The Morgan fingerprint density at radius 1 is 0.811 bits per heavy atom. The molecule has 4 N–H and O–H groups in total. The Morgan fingerprint density at radius 2 is 1.53 bits per heavy atom. The van der Waals surface area contributed by atoms with Gasteiger partial charge in [-0.2, -0.15) is 0 Å². The van der Waals surface area contributed by atoms with E-state index in [2.05, 4.69) is 34.6 Å². The lowest BCUT2D eigenvalue weighted by Gasteiger charge is -2.61. The van der Waals surface area contributed by atoms with Crippen LogP contribution in [0.3, 0.4) is 0 Å². The number of hydrogen-bond acceptors (Lipinski definition) is 5. The van der Waals surface area contributed by atoms with Gasteiger partial charge in [0.15, 0.2) is 5.78 Å². The number of fused-ring (bicyclic) bond motifs is 5. The standard InChI is InChI=1S/C48H64N2O3/c1-31(2)7-6-8-32(3)41-21-22-42-40-20-14-35-29-39(25-27-47(35,4)43(40)26-28-48(41,42)5)52-37-18-12-34(13-19-37)45(51)23-11-33-9-16-38(17-10-33)53-46-24-15-36(49)30-44(46)50/h9-13,15-19,23-24,30-32,35,39-43H,6-8,14,20-22,25-29,49-50H2,1-5H3/b23-11+/t32-,35?,39?,40+,41-,42+,43+,47+,48-/m1/s1. The fraction of sp³-hybridized carbons (Fsp3) is 0.562. The Hall–Kier alpha value is -3.73. The predicted molar refractivity (Wildman–Crippen MR) is 219 cm³/mol. The second-order valence-electron chi connectivity index (χ2n) is 18.4. The first-order valence-electron chi connectivity index (χ1n) is 20.8. The molecule has 53 heavy (non-hydrogen) atoms. The van der Waals surface area contributed by atoms with Gasteiger partial charge in [0, 0.05) is 11.3 Å². The summed E-state index contributed by atoms with van der Waals surface area (Å²) in [6, 6.07) is 20.5. The molecule has 9 atom stereocenters. The molecule has 0 aromatic heterocycles. The molecule has 4 aliphatic rings. The fourth-order valence-electron chi connectivity index (χ4n) is 11.9. The second kappa shape index (κ2) is 15.6. The normalized spacial score (nSPS) is 31.4. The van der Waals surface area contributed by atoms with E-state index in [0.717, 1.165) is 65.6 Å². The average Bonchev–Trinajstić information content (AvgIpc) is 3.50. The van der Waals surface area contributed by atoms with Gasteiger partial charge in [0.2, 0.25) is 0 Å². The molecule has 4 saturated carbocycles. The number of benzene rings is 3. The van der Waals surface area contributed by atoms with E-state index in [-0.39, 0.29) is 11.9 Å². The Morgan fingerprint density at radius 3 is 2.26 bits per heavy atom. The van der Waals surface area contributed by atoms with Gasteiger partial charge in [0.1, 0.15) is 17.2 Å². The van der Waals surface area contributed by atoms with Crippen LogP contribution >= 0.6 is 0 Å². The summed E-state index contributed by atoms with van der Waals surface area (Å²) < 4.78 is 12.5. The first kappa shape index (κ1) is 37.6. The van der Waals surface area contributed by atoms with Crippen LogP contribution in [0, 0.1) is 52.3 Å². The van der Waals surface area contributed by atoms with E-state index in [4.69, 9.17) is 20.9 Å². The summed E-state index contributed by atoms with van der Waals surface area (Å²) in [7, 11) is 0. The number of carbonyl (C=O) groups excluding carboxylic acids is 1. The van der Waals surface area contributed by atoms with E-state index in [1.807, 2.05) is 54.6 Å². The molecule has 3 aromatic rings. The molecule has 2 unspecified atom stereocenters. The summed E-state index contributed by atoms with van der Waals surface area (Å²) in [5.74, 6) is 8.17. The molecule has 0 saturated heterocycles. The highest BCUT2D eigenvalue weighted by Crippen LogP contribution is 2.68. The molecule has 3 aromatic carbocycles. The number of nitrogen functional groups attached to an aromatic ring is 2. The van der Waals surface area contributed by atoms with Crippen LogP contribution in [0.5, 0.6) is 17.2 Å². The molecule has 0 heterocycles. The van der Waals surface area contributed by atoms with Gasteiger partial charge in [0.05, 0.1) is 11.8 Å². The predicted octanol–water partition coefficient (Wildman–Crippen LogP) is 12.4. The van der Waals surface area contributed by atoms with Crippen LogP contribution in [0.2, 0.25) is 0 Å². The van der Waals surface area contributed by atoms with E-state index in [9.17, 15) is 4.79 Å². The molecule has 4 fully saturated rings. The van der Waals surface area contributed by atoms with Crippen molar-refractivity contribution < 1.29 is 14.3 Å². The van der Waals surface area contributed by atoms with E-state index < -0.39 is 0 Å². The van der Waals surface area contributed by atoms with Gasteiger partial charge in [-0.3, -0.25) is 4.79 Å². The lowest BCUT2D eigenvalue weighted by Crippen LogP contribution is -2.54. The minimum absolute atomic E-state index is 0.0329. The number of carbonyl (C=O) groups is 1. The molecule has 0 radical (unpaired) electrons. The van der Waals surface area contributed by atoms with Gasteiger partial charge in [-0.25, -0.2) is 0 Å². The number of hydrogen-bond donors (Lipinski definition) is 2. The van der Waals surface area contributed by atoms with Gasteiger partial charge < -0.3 is 20.9 Å². The first-order chi connectivity index (χ1) is 25.4.